The number of hydrogen-bond acceptors (Lipinski definition) is 4. The largest absolute Gasteiger partial charge is 0.457 e. The van der Waals surface area contributed by atoms with E-state index in [9.17, 15) is 18.3 Å². The highest BCUT2D eigenvalue weighted by atomic mass is 19.4. The van der Waals surface area contributed by atoms with E-state index >= 15 is 0 Å². The molecular weight excluding hydrogens is 407 g/mol. The average molecular weight is 431 g/mol. The zero-order valence-electron chi connectivity index (χ0n) is 17.0. The van der Waals surface area contributed by atoms with Crippen molar-refractivity contribution in [1.82, 2.24) is 5.32 Å². The Balaban J connectivity index is 1.82. The molecule has 0 heterocycles. The zero-order valence-corrected chi connectivity index (χ0v) is 17.0. The molecule has 2 atom stereocenters. The second-order valence-corrected chi connectivity index (χ2v) is 7.09. The number of aliphatic hydroxyl groups excluding tert-OH is 1. The van der Waals surface area contributed by atoms with Gasteiger partial charge in [0.05, 0.1) is 12.6 Å². The van der Waals surface area contributed by atoms with Gasteiger partial charge < -0.3 is 19.9 Å². The van der Waals surface area contributed by atoms with Gasteiger partial charge in [0.2, 0.25) is 0 Å². The fraction of sp³-hybridized carbons (Fsp3) is 0.250. The number of halogens is 3. The minimum atomic E-state index is -4.79. The maximum atomic E-state index is 13.4. The van der Waals surface area contributed by atoms with Crippen LogP contribution < -0.4 is 10.1 Å². The molecule has 0 aliphatic heterocycles. The van der Waals surface area contributed by atoms with Gasteiger partial charge in [-0.3, -0.25) is 0 Å². The Kier molecular flexibility index (Phi) is 7.68. The van der Waals surface area contributed by atoms with E-state index in [0.717, 1.165) is 11.1 Å². The van der Waals surface area contributed by atoms with Crippen molar-refractivity contribution in [3.8, 4) is 11.5 Å². The van der Waals surface area contributed by atoms with Crippen LogP contribution in [-0.2, 0) is 17.9 Å². The number of nitrogens with one attached hydrogen (secondary N) is 1. The van der Waals surface area contributed by atoms with Gasteiger partial charge in [-0.15, -0.1) is 0 Å². The summed E-state index contributed by atoms with van der Waals surface area (Å²) < 4.78 is 51.0. The first kappa shape index (κ1) is 22.8. The summed E-state index contributed by atoms with van der Waals surface area (Å²) >= 11 is 0. The van der Waals surface area contributed by atoms with Crippen molar-refractivity contribution in [1.29, 1.82) is 0 Å². The molecule has 0 saturated heterocycles. The SMILES string of the molecule is COCc1cccc(CNC(c2cccc(Oc3ccccc3)c2)C(O)C(F)(F)F)c1. The Morgan fingerprint density at radius 2 is 1.55 bits per heavy atom. The van der Waals surface area contributed by atoms with E-state index in [-0.39, 0.29) is 12.1 Å². The number of aliphatic hydroxyl groups is 1. The Morgan fingerprint density at radius 3 is 2.26 bits per heavy atom. The maximum absolute atomic E-state index is 13.4. The summed E-state index contributed by atoms with van der Waals surface area (Å²) in [6, 6.07) is 21.2. The molecule has 3 rings (SSSR count). The third kappa shape index (κ3) is 6.55. The van der Waals surface area contributed by atoms with E-state index in [1.54, 1.807) is 49.6 Å². The number of benzene rings is 3. The van der Waals surface area contributed by atoms with Crippen molar-refractivity contribution in [2.24, 2.45) is 0 Å². The van der Waals surface area contributed by atoms with Crippen molar-refractivity contribution < 1.29 is 27.8 Å². The van der Waals surface area contributed by atoms with Crippen LogP contribution in [0.1, 0.15) is 22.7 Å². The minimum Gasteiger partial charge on any atom is -0.457 e. The smallest absolute Gasteiger partial charge is 0.416 e. The molecule has 3 aromatic carbocycles. The summed E-state index contributed by atoms with van der Waals surface area (Å²) in [4.78, 5) is 0. The van der Waals surface area contributed by atoms with Crippen LogP contribution in [-0.4, -0.2) is 24.5 Å². The lowest BCUT2D eigenvalue weighted by Gasteiger charge is -2.27. The minimum absolute atomic E-state index is 0.138. The molecule has 0 aromatic heterocycles. The maximum Gasteiger partial charge on any atom is 0.416 e. The van der Waals surface area contributed by atoms with E-state index in [0.29, 0.717) is 18.1 Å². The first-order chi connectivity index (χ1) is 14.9. The summed E-state index contributed by atoms with van der Waals surface area (Å²) in [7, 11) is 1.57. The Bertz CT molecular complexity index is 964. The van der Waals surface area contributed by atoms with E-state index in [1.807, 2.05) is 24.3 Å². The predicted octanol–water partition coefficient (Wildman–Crippen LogP) is 5.38. The van der Waals surface area contributed by atoms with Gasteiger partial charge in [0.1, 0.15) is 11.5 Å². The number of hydrogen-bond donors (Lipinski definition) is 2. The van der Waals surface area contributed by atoms with Crippen LogP contribution >= 0.6 is 0 Å². The van der Waals surface area contributed by atoms with Crippen LogP contribution in [0.25, 0.3) is 0 Å². The molecule has 7 heteroatoms. The van der Waals surface area contributed by atoms with Crippen molar-refractivity contribution in [2.45, 2.75) is 31.5 Å². The lowest BCUT2D eigenvalue weighted by Crippen LogP contribution is -2.41. The Hall–Kier alpha value is -2.87. The number of para-hydroxylation sites is 1. The summed E-state index contributed by atoms with van der Waals surface area (Å²) in [6.07, 6.45) is -7.37. The van der Waals surface area contributed by atoms with Crippen LogP contribution in [0.15, 0.2) is 78.9 Å². The highest BCUT2D eigenvalue weighted by Crippen LogP contribution is 2.32. The molecule has 0 fully saturated rings. The van der Waals surface area contributed by atoms with E-state index in [2.05, 4.69) is 5.32 Å². The van der Waals surface area contributed by atoms with E-state index < -0.39 is 18.3 Å². The predicted molar refractivity (Wildman–Crippen MR) is 112 cm³/mol. The van der Waals surface area contributed by atoms with Gasteiger partial charge in [0.15, 0.2) is 6.10 Å². The fourth-order valence-corrected chi connectivity index (χ4v) is 3.22. The quantitative estimate of drug-likeness (QED) is 0.478. The normalized spacial score (nSPS) is 13.6. The molecule has 0 aliphatic rings. The molecule has 0 amide bonds. The van der Waals surface area contributed by atoms with Crippen LogP contribution in [0, 0.1) is 0 Å². The monoisotopic (exact) mass is 431 g/mol. The van der Waals surface area contributed by atoms with Gasteiger partial charge in [-0.1, -0.05) is 54.6 Å². The van der Waals surface area contributed by atoms with Crippen LogP contribution in [0.5, 0.6) is 11.5 Å². The molecule has 2 unspecified atom stereocenters. The third-order valence-corrected chi connectivity index (χ3v) is 4.68. The third-order valence-electron chi connectivity index (χ3n) is 4.68. The van der Waals surface area contributed by atoms with E-state index in [4.69, 9.17) is 9.47 Å². The molecule has 31 heavy (non-hydrogen) atoms. The van der Waals surface area contributed by atoms with Gasteiger partial charge in [-0.25, -0.2) is 0 Å². The second kappa shape index (κ2) is 10.4. The zero-order chi connectivity index (χ0) is 22.3. The van der Waals surface area contributed by atoms with Crippen molar-refractivity contribution in [2.75, 3.05) is 7.11 Å². The summed E-state index contributed by atoms with van der Waals surface area (Å²) in [5, 5.41) is 12.9. The first-order valence-corrected chi connectivity index (χ1v) is 9.74. The van der Waals surface area contributed by atoms with Gasteiger partial charge >= 0.3 is 6.18 Å². The van der Waals surface area contributed by atoms with Gasteiger partial charge in [0, 0.05) is 13.7 Å². The van der Waals surface area contributed by atoms with Gasteiger partial charge in [0.25, 0.3) is 0 Å². The van der Waals surface area contributed by atoms with Crippen LogP contribution in [0.3, 0.4) is 0 Å². The van der Waals surface area contributed by atoms with Crippen LogP contribution in [0.4, 0.5) is 13.2 Å². The molecule has 0 aliphatic carbocycles. The Labute approximate surface area is 179 Å². The molecule has 0 spiro atoms. The number of methoxy groups -OCH3 is 1. The lowest BCUT2D eigenvalue weighted by molar-refractivity contribution is -0.213. The van der Waals surface area contributed by atoms with Gasteiger partial charge in [-0.05, 0) is 41.0 Å². The molecule has 0 bridgehead atoms. The standard InChI is InChI=1S/C24H24F3NO3/c1-30-16-18-8-5-7-17(13-18)15-28-22(23(29)24(25,26)27)19-9-6-12-21(14-19)31-20-10-3-2-4-11-20/h2-14,22-23,28-29H,15-16H2,1H3. The summed E-state index contributed by atoms with van der Waals surface area (Å²) in [5.74, 6) is 0.947. The molecule has 2 N–H and O–H groups in total. The van der Waals surface area contributed by atoms with Gasteiger partial charge in [-0.2, -0.15) is 13.2 Å². The van der Waals surface area contributed by atoms with Crippen molar-refractivity contribution in [3.63, 3.8) is 0 Å². The molecule has 3 aromatic rings. The summed E-state index contributed by atoms with van der Waals surface area (Å²) in [5.41, 5.74) is 1.96. The second-order valence-electron chi connectivity index (χ2n) is 7.09. The van der Waals surface area contributed by atoms with E-state index in [1.165, 1.54) is 12.1 Å². The number of rotatable bonds is 9. The topological polar surface area (TPSA) is 50.7 Å². The highest BCUT2D eigenvalue weighted by molar-refractivity contribution is 5.35. The number of ether oxygens (including phenoxy) is 2. The molecular formula is C24H24F3NO3. The molecule has 4 nitrogen and oxygen atoms in total. The van der Waals surface area contributed by atoms with Crippen molar-refractivity contribution >= 4 is 0 Å². The number of alkyl halides is 3. The van der Waals surface area contributed by atoms with Crippen molar-refractivity contribution in [3.05, 3.63) is 95.6 Å². The van der Waals surface area contributed by atoms with Crippen LogP contribution in [0.2, 0.25) is 0 Å². The lowest BCUT2D eigenvalue weighted by atomic mass is 10.00. The average Bonchev–Trinajstić information content (AvgIpc) is 2.75. The summed E-state index contributed by atoms with van der Waals surface area (Å²) in [6.45, 7) is 0.542. The highest BCUT2D eigenvalue weighted by Gasteiger charge is 2.44. The first-order valence-electron chi connectivity index (χ1n) is 9.74. The molecule has 164 valence electrons. The Morgan fingerprint density at radius 1 is 0.871 bits per heavy atom. The molecule has 0 radical (unpaired) electrons. The fourth-order valence-electron chi connectivity index (χ4n) is 3.22. The molecule has 0 saturated carbocycles.